The third-order valence-corrected chi connectivity index (χ3v) is 2.98. The van der Waals surface area contributed by atoms with Crippen LogP contribution >= 0.6 is 0 Å². The van der Waals surface area contributed by atoms with Gasteiger partial charge in [0.05, 0.1) is 0 Å². The zero-order valence-corrected chi connectivity index (χ0v) is 11.4. The Labute approximate surface area is 115 Å². The Kier molecular flexibility index (Phi) is 4.03. The van der Waals surface area contributed by atoms with Crippen molar-refractivity contribution in [2.75, 3.05) is 16.9 Å². The van der Waals surface area contributed by atoms with Crippen LogP contribution in [0.15, 0.2) is 6.07 Å². The zero-order chi connectivity index (χ0) is 14.9. The normalized spacial score (nSPS) is 15.6. The monoisotopic (exact) mass is 289 g/mol. The Morgan fingerprint density at radius 3 is 2.50 bits per heavy atom. The third kappa shape index (κ3) is 3.50. The van der Waals surface area contributed by atoms with Gasteiger partial charge in [-0.15, -0.1) is 0 Å². The maximum Gasteiger partial charge on any atom is 0.433 e. The fourth-order valence-corrected chi connectivity index (χ4v) is 2.00. The van der Waals surface area contributed by atoms with Gasteiger partial charge in [-0.25, -0.2) is 10.8 Å². The molecule has 1 aliphatic rings. The van der Waals surface area contributed by atoms with E-state index in [2.05, 4.69) is 15.4 Å². The topological polar surface area (TPSA) is 67.1 Å². The van der Waals surface area contributed by atoms with Gasteiger partial charge in [0.2, 0.25) is 5.95 Å². The molecule has 112 valence electrons. The van der Waals surface area contributed by atoms with Crippen molar-refractivity contribution < 1.29 is 13.2 Å². The van der Waals surface area contributed by atoms with Crippen LogP contribution in [-0.4, -0.2) is 22.6 Å². The smallest absolute Gasteiger partial charge is 0.353 e. The molecule has 8 heteroatoms. The van der Waals surface area contributed by atoms with Gasteiger partial charge in [-0.2, -0.15) is 18.2 Å². The van der Waals surface area contributed by atoms with E-state index in [1.54, 1.807) is 0 Å². The summed E-state index contributed by atoms with van der Waals surface area (Å²) < 4.78 is 38.5. The summed E-state index contributed by atoms with van der Waals surface area (Å²) in [5, 5.41) is 0. The van der Waals surface area contributed by atoms with Crippen molar-refractivity contribution in [2.24, 2.45) is 11.8 Å². The number of halogens is 3. The van der Waals surface area contributed by atoms with Gasteiger partial charge < -0.3 is 4.90 Å². The van der Waals surface area contributed by atoms with E-state index in [1.165, 1.54) is 0 Å². The number of aromatic nitrogens is 2. The van der Waals surface area contributed by atoms with E-state index in [1.807, 2.05) is 18.7 Å². The van der Waals surface area contributed by atoms with E-state index in [-0.39, 0.29) is 17.8 Å². The summed E-state index contributed by atoms with van der Waals surface area (Å²) >= 11 is 0. The Bertz CT molecular complexity index is 471. The summed E-state index contributed by atoms with van der Waals surface area (Å²) in [4.78, 5) is 9.33. The second-order valence-corrected chi connectivity index (χ2v) is 5.35. The molecule has 5 nitrogen and oxygen atoms in total. The van der Waals surface area contributed by atoms with E-state index in [9.17, 15) is 13.2 Å². The first kappa shape index (κ1) is 14.8. The summed E-state index contributed by atoms with van der Waals surface area (Å²) in [6, 6.07) is 1.25. The molecule has 0 unspecified atom stereocenters. The van der Waals surface area contributed by atoms with E-state index in [0.717, 1.165) is 18.9 Å². The fourth-order valence-electron chi connectivity index (χ4n) is 2.00. The van der Waals surface area contributed by atoms with Crippen LogP contribution in [0.3, 0.4) is 0 Å². The average Bonchev–Trinajstić information content (AvgIpc) is 3.18. The highest BCUT2D eigenvalue weighted by Gasteiger charge is 2.36. The minimum Gasteiger partial charge on any atom is -0.353 e. The van der Waals surface area contributed by atoms with Gasteiger partial charge in [-0.3, -0.25) is 5.43 Å². The van der Waals surface area contributed by atoms with Crippen LogP contribution in [0.4, 0.5) is 24.9 Å². The number of nitrogens with two attached hydrogens (primary N) is 1. The number of alkyl halides is 3. The highest BCUT2D eigenvalue weighted by molar-refractivity contribution is 5.47. The molecule has 1 heterocycles. The Balaban J connectivity index is 2.37. The molecule has 2 rings (SSSR count). The van der Waals surface area contributed by atoms with Crippen LogP contribution in [-0.2, 0) is 6.18 Å². The van der Waals surface area contributed by atoms with Gasteiger partial charge in [0, 0.05) is 18.7 Å². The Morgan fingerprint density at radius 1 is 1.40 bits per heavy atom. The number of anilines is 2. The second-order valence-electron chi connectivity index (χ2n) is 5.35. The molecule has 0 aromatic carbocycles. The lowest BCUT2D eigenvalue weighted by Gasteiger charge is -2.26. The third-order valence-electron chi connectivity index (χ3n) is 2.98. The lowest BCUT2D eigenvalue weighted by molar-refractivity contribution is -0.141. The van der Waals surface area contributed by atoms with Crippen molar-refractivity contribution in [1.29, 1.82) is 0 Å². The molecule has 1 fully saturated rings. The molecule has 20 heavy (non-hydrogen) atoms. The minimum atomic E-state index is -4.52. The Morgan fingerprint density at radius 2 is 2.05 bits per heavy atom. The molecular formula is C12H18F3N5. The summed E-state index contributed by atoms with van der Waals surface area (Å²) in [5.74, 6) is 5.55. The first-order chi connectivity index (χ1) is 9.31. The number of rotatable bonds is 5. The molecule has 0 saturated heterocycles. The maximum absolute atomic E-state index is 12.8. The van der Waals surface area contributed by atoms with Crippen LogP contribution in [0.25, 0.3) is 0 Å². The fraction of sp³-hybridized carbons (Fsp3) is 0.667. The van der Waals surface area contributed by atoms with Crippen LogP contribution in [0, 0.1) is 5.92 Å². The molecule has 1 aliphatic carbocycles. The first-order valence-electron chi connectivity index (χ1n) is 6.50. The molecule has 0 bridgehead atoms. The molecule has 0 spiro atoms. The van der Waals surface area contributed by atoms with Crippen molar-refractivity contribution in [3.05, 3.63) is 11.8 Å². The number of hydrazine groups is 1. The van der Waals surface area contributed by atoms with Crippen molar-refractivity contribution in [1.82, 2.24) is 9.97 Å². The molecule has 0 radical (unpaired) electrons. The molecule has 0 amide bonds. The van der Waals surface area contributed by atoms with Gasteiger partial charge >= 0.3 is 6.18 Å². The highest BCUT2D eigenvalue weighted by atomic mass is 19.4. The number of hydrogen-bond acceptors (Lipinski definition) is 5. The highest BCUT2D eigenvalue weighted by Crippen LogP contribution is 2.35. The zero-order valence-electron chi connectivity index (χ0n) is 11.4. The van der Waals surface area contributed by atoms with Crippen LogP contribution in [0.1, 0.15) is 32.4 Å². The standard InChI is InChI=1S/C12H18F3N5/c1-7(2)6-20(8-3-4-8)10-5-9(12(13,14)15)17-11(18-10)19-16/h5,7-8H,3-4,6,16H2,1-2H3,(H,17,18,19). The molecule has 0 atom stereocenters. The lowest BCUT2D eigenvalue weighted by atomic mass is 10.2. The van der Waals surface area contributed by atoms with Gasteiger partial charge in [0.25, 0.3) is 0 Å². The molecular weight excluding hydrogens is 271 g/mol. The Hall–Kier alpha value is -1.57. The average molecular weight is 289 g/mol. The predicted octanol–water partition coefficient (Wildman–Crippen LogP) is 2.41. The summed E-state index contributed by atoms with van der Waals surface area (Å²) in [6.45, 7) is 4.69. The predicted molar refractivity (Wildman–Crippen MR) is 70.1 cm³/mol. The summed E-state index contributed by atoms with van der Waals surface area (Å²) in [7, 11) is 0. The number of nitrogen functional groups attached to an aromatic ring is 1. The maximum atomic E-state index is 12.8. The van der Waals surface area contributed by atoms with Crippen LogP contribution < -0.4 is 16.2 Å². The largest absolute Gasteiger partial charge is 0.433 e. The van der Waals surface area contributed by atoms with E-state index in [0.29, 0.717) is 12.5 Å². The molecule has 1 saturated carbocycles. The van der Waals surface area contributed by atoms with E-state index < -0.39 is 11.9 Å². The van der Waals surface area contributed by atoms with Crippen LogP contribution in [0.5, 0.6) is 0 Å². The van der Waals surface area contributed by atoms with Crippen molar-refractivity contribution in [3.63, 3.8) is 0 Å². The first-order valence-corrected chi connectivity index (χ1v) is 6.50. The van der Waals surface area contributed by atoms with Crippen molar-refractivity contribution >= 4 is 11.8 Å². The molecule has 0 aliphatic heterocycles. The number of nitrogens with one attached hydrogen (secondary N) is 1. The SMILES string of the molecule is CC(C)CN(c1cc(C(F)(F)F)nc(NN)n1)C1CC1. The van der Waals surface area contributed by atoms with Crippen molar-refractivity contribution in [2.45, 2.75) is 38.9 Å². The number of nitrogens with zero attached hydrogens (tertiary/aromatic N) is 3. The lowest BCUT2D eigenvalue weighted by Crippen LogP contribution is -2.31. The quantitative estimate of drug-likeness (QED) is 0.643. The van der Waals surface area contributed by atoms with Gasteiger partial charge in [0.1, 0.15) is 5.82 Å². The van der Waals surface area contributed by atoms with E-state index in [4.69, 9.17) is 5.84 Å². The number of hydrogen-bond donors (Lipinski definition) is 2. The van der Waals surface area contributed by atoms with Gasteiger partial charge in [-0.05, 0) is 18.8 Å². The molecule has 3 N–H and O–H groups in total. The van der Waals surface area contributed by atoms with Gasteiger partial charge in [0.15, 0.2) is 5.69 Å². The van der Waals surface area contributed by atoms with E-state index >= 15 is 0 Å². The molecule has 1 aromatic rings. The summed E-state index contributed by atoms with van der Waals surface area (Å²) in [5.41, 5.74) is 1.12. The summed E-state index contributed by atoms with van der Waals surface area (Å²) in [6.07, 6.45) is -2.57. The van der Waals surface area contributed by atoms with Crippen molar-refractivity contribution in [3.8, 4) is 0 Å². The minimum absolute atomic E-state index is 0.218. The molecule has 1 aromatic heterocycles. The second kappa shape index (κ2) is 5.43. The van der Waals surface area contributed by atoms with Gasteiger partial charge in [-0.1, -0.05) is 13.8 Å². The van der Waals surface area contributed by atoms with Crippen LogP contribution in [0.2, 0.25) is 0 Å².